The fraction of sp³-hybridized carbons (Fsp3) is 0.367. The summed E-state index contributed by atoms with van der Waals surface area (Å²) in [6.07, 6.45) is 1.71. The third-order valence-corrected chi connectivity index (χ3v) is 8.71. The monoisotopic (exact) mass is 580 g/mol. The minimum Gasteiger partial charge on any atom is -0.494 e. The molecule has 2 aromatic carbocycles. The maximum atomic E-state index is 14.5. The minimum absolute atomic E-state index is 0.143. The smallest absolute Gasteiger partial charge is 0.330 e. The molecule has 1 fully saturated rings. The van der Waals surface area contributed by atoms with E-state index in [0.29, 0.717) is 33.0 Å². The molecule has 10 heteroatoms. The first-order valence-corrected chi connectivity index (χ1v) is 13.9. The Morgan fingerprint density at radius 2 is 1.77 bits per heavy atom. The second-order valence-corrected chi connectivity index (χ2v) is 11.9. The van der Waals surface area contributed by atoms with Crippen LogP contribution in [0.1, 0.15) is 50.9 Å². The molecule has 40 heavy (non-hydrogen) atoms. The molecule has 4 atom stereocenters. The molecule has 0 aromatic heterocycles. The van der Waals surface area contributed by atoms with Crippen LogP contribution in [0.25, 0.3) is 0 Å². The number of benzene rings is 2. The van der Waals surface area contributed by atoms with Crippen LogP contribution in [0.3, 0.4) is 0 Å². The van der Waals surface area contributed by atoms with Crippen molar-refractivity contribution in [2.24, 2.45) is 10.4 Å². The van der Waals surface area contributed by atoms with Gasteiger partial charge in [0.05, 0.1) is 23.5 Å². The number of amides is 3. The molecule has 8 nitrogen and oxygen atoms in total. The first-order valence-electron chi connectivity index (χ1n) is 13.2. The van der Waals surface area contributed by atoms with Crippen molar-refractivity contribution in [3.05, 3.63) is 92.9 Å². The Kier molecular flexibility index (Phi) is 6.29. The van der Waals surface area contributed by atoms with E-state index < -0.39 is 23.1 Å². The van der Waals surface area contributed by atoms with Gasteiger partial charge in [-0.15, -0.1) is 0 Å². The second kappa shape index (κ2) is 9.36. The highest BCUT2D eigenvalue weighted by Crippen LogP contribution is 2.58. The van der Waals surface area contributed by atoms with Crippen LogP contribution in [0.15, 0.2) is 76.8 Å². The number of nitrogens with zero attached hydrogens (tertiary/aromatic N) is 3. The fourth-order valence-electron chi connectivity index (χ4n) is 6.20. The minimum atomic E-state index is -1.03. The van der Waals surface area contributed by atoms with E-state index in [1.54, 1.807) is 29.0 Å². The Bertz CT molecular complexity index is 1520. The summed E-state index contributed by atoms with van der Waals surface area (Å²) in [5.74, 6) is 0.814. The Labute approximate surface area is 243 Å². The molecule has 1 saturated heterocycles. The summed E-state index contributed by atoms with van der Waals surface area (Å²) >= 11 is 13.0. The van der Waals surface area contributed by atoms with Crippen molar-refractivity contribution >= 4 is 41.0 Å². The average Bonchev–Trinajstić information content (AvgIpc) is 3.32. The van der Waals surface area contributed by atoms with Gasteiger partial charge in [0.1, 0.15) is 35.2 Å². The van der Waals surface area contributed by atoms with E-state index >= 15 is 0 Å². The number of nitrogens with one attached hydrogen (secondary N) is 1. The van der Waals surface area contributed by atoms with Crippen molar-refractivity contribution in [3.63, 3.8) is 0 Å². The molecule has 2 unspecified atom stereocenters. The summed E-state index contributed by atoms with van der Waals surface area (Å²) in [6, 6.07) is 13.5. The van der Waals surface area contributed by atoms with Crippen LogP contribution in [0.5, 0.6) is 0 Å². The van der Waals surface area contributed by atoms with Gasteiger partial charge in [-0.1, -0.05) is 53.5 Å². The molecule has 0 spiro atoms. The largest absolute Gasteiger partial charge is 0.494 e. The summed E-state index contributed by atoms with van der Waals surface area (Å²) < 4.78 is 12.4. The number of carbonyl (C=O) groups excluding carboxylic acids is 2. The van der Waals surface area contributed by atoms with Crippen molar-refractivity contribution in [2.45, 2.75) is 51.5 Å². The standard InChI is InChI=1S/C30H30Cl2N4O4/c1-16(2)40-21-14-29(3,39-5)25-26-30(21,4)27-34-23(19-8-6-7-9-20(19)32)24(17-10-12-18(31)13-11-17)36(27)28(38)35(26)15-22(37)33-25/h6-14,16,23-24H,15H2,1-5H3,(H,33,37)/t23-,24+,29?,30?/m1/s1. The highest BCUT2D eigenvalue weighted by Gasteiger charge is 2.63. The molecule has 0 saturated carbocycles. The first-order chi connectivity index (χ1) is 19.0. The molecule has 208 valence electrons. The zero-order valence-corrected chi connectivity index (χ0v) is 24.4. The molecule has 0 bridgehead atoms. The van der Waals surface area contributed by atoms with Crippen molar-refractivity contribution in [1.29, 1.82) is 0 Å². The molecule has 2 aromatic rings. The van der Waals surface area contributed by atoms with E-state index in [9.17, 15) is 9.59 Å². The first kappa shape index (κ1) is 26.9. The van der Waals surface area contributed by atoms with Crippen LogP contribution in [-0.2, 0) is 14.3 Å². The lowest BCUT2D eigenvalue weighted by Crippen LogP contribution is -2.66. The second-order valence-electron chi connectivity index (χ2n) is 11.0. The predicted octanol–water partition coefficient (Wildman–Crippen LogP) is 6.00. The Balaban J connectivity index is 1.64. The van der Waals surface area contributed by atoms with Crippen LogP contribution in [0, 0.1) is 5.41 Å². The van der Waals surface area contributed by atoms with Crippen molar-refractivity contribution in [3.8, 4) is 0 Å². The van der Waals surface area contributed by atoms with Crippen LogP contribution in [-0.4, -0.2) is 52.9 Å². The van der Waals surface area contributed by atoms with Crippen LogP contribution in [0.2, 0.25) is 10.0 Å². The number of amidine groups is 1. The summed E-state index contributed by atoms with van der Waals surface area (Å²) in [5.41, 5.74) is 0.685. The van der Waals surface area contributed by atoms with Gasteiger partial charge in [0.2, 0.25) is 5.91 Å². The van der Waals surface area contributed by atoms with Gasteiger partial charge in [-0.2, -0.15) is 0 Å². The van der Waals surface area contributed by atoms with E-state index in [2.05, 4.69) is 5.32 Å². The maximum absolute atomic E-state index is 14.5. The van der Waals surface area contributed by atoms with E-state index in [4.69, 9.17) is 37.7 Å². The molecule has 3 heterocycles. The van der Waals surface area contributed by atoms with Crippen molar-refractivity contribution in [1.82, 2.24) is 15.1 Å². The molecule has 4 aliphatic rings. The summed E-state index contributed by atoms with van der Waals surface area (Å²) in [4.78, 5) is 36.0. The van der Waals surface area contributed by atoms with Gasteiger partial charge in [-0.25, -0.2) is 4.79 Å². The average molecular weight is 582 g/mol. The summed E-state index contributed by atoms with van der Waals surface area (Å²) in [5, 5.41) is 4.13. The molecule has 1 aliphatic carbocycles. The highest BCUT2D eigenvalue weighted by atomic mass is 35.5. The van der Waals surface area contributed by atoms with Crippen LogP contribution >= 0.6 is 23.2 Å². The van der Waals surface area contributed by atoms with Gasteiger partial charge >= 0.3 is 6.03 Å². The maximum Gasteiger partial charge on any atom is 0.330 e. The third kappa shape index (κ3) is 3.80. The number of rotatable bonds is 5. The predicted molar refractivity (Wildman–Crippen MR) is 153 cm³/mol. The Hall–Kier alpha value is -3.33. The SMILES string of the molecule is COC1(C)C=C(OC(C)C)C2(C)C3=N[C@H](c4ccccc4Cl)[C@H](c4ccc(Cl)cc4)N3C(=O)N3CC(=O)NC1=C32. The number of methoxy groups -OCH3 is 1. The molecule has 6 rings (SSSR count). The molecule has 3 aliphatic heterocycles. The van der Waals surface area contributed by atoms with Gasteiger partial charge in [0.25, 0.3) is 0 Å². The lowest BCUT2D eigenvalue weighted by molar-refractivity contribution is -0.123. The van der Waals surface area contributed by atoms with Gasteiger partial charge in [0, 0.05) is 17.2 Å². The Morgan fingerprint density at radius 3 is 2.42 bits per heavy atom. The number of fused-ring (bicyclic) bond motifs is 2. The molecular weight excluding hydrogens is 551 g/mol. The Morgan fingerprint density at radius 1 is 1.07 bits per heavy atom. The number of ether oxygens (including phenoxy) is 2. The summed E-state index contributed by atoms with van der Waals surface area (Å²) in [7, 11) is 1.57. The molecular formula is C30H30Cl2N4O4. The van der Waals surface area contributed by atoms with Gasteiger partial charge in [-0.05, 0) is 63.1 Å². The van der Waals surface area contributed by atoms with E-state index in [0.717, 1.165) is 11.1 Å². The number of halogens is 2. The quantitative estimate of drug-likeness (QED) is 0.470. The molecule has 1 N–H and O–H groups in total. The van der Waals surface area contributed by atoms with Gasteiger partial charge < -0.3 is 14.8 Å². The van der Waals surface area contributed by atoms with E-state index in [1.807, 2.05) is 70.2 Å². The van der Waals surface area contributed by atoms with Gasteiger partial charge in [-0.3, -0.25) is 19.6 Å². The number of aliphatic imine (C=N–C) groups is 1. The van der Waals surface area contributed by atoms with Crippen molar-refractivity contribution < 1.29 is 19.1 Å². The van der Waals surface area contributed by atoms with E-state index in [1.165, 1.54) is 0 Å². The number of urea groups is 1. The van der Waals surface area contributed by atoms with Crippen LogP contribution < -0.4 is 5.32 Å². The normalized spacial score (nSPS) is 29.2. The summed E-state index contributed by atoms with van der Waals surface area (Å²) in [6.45, 7) is 7.59. The highest BCUT2D eigenvalue weighted by molar-refractivity contribution is 6.31. The lowest BCUT2D eigenvalue weighted by atomic mass is 9.71. The van der Waals surface area contributed by atoms with Crippen molar-refractivity contribution in [2.75, 3.05) is 13.7 Å². The fourth-order valence-corrected chi connectivity index (χ4v) is 6.57. The van der Waals surface area contributed by atoms with Gasteiger partial charge in [0.15, 0.2) is 0 Å². The number of hydrogen-bond donors (Lipinski definition) is 1. The lowest BCUT2D eigenvalue weighted by Gasteiger charge is -2.54. The third-order valence-electron chi connectivity index (χ3n) is 8.12. The number of carbonyl (C=O) groups is 2. The van der Waals surface area contributed by atoms with E-state index in [-0.39, 0.29) is 24.6 Å². The molecule has 3 amide bonds. The van der Waals surface area contributed by atoms with Crippen LogP contribution in [0.4, 0.5) is 4.79 Å². The number of hydrogen-bond acceptors (Lipinski definition) is 5. The topological polar surface area (TPSA) is 83.5 Å². The zero-order chi connectivity index (χ0) is 28.6. The molecule has 0 radical (unpaired) electrons. The zero-order valence-electron chi connectivity index (χ0n) is 22.9.